The van der Waals surface area contributed by atoms with Gasteiger partial charge in [0.2, 0.25) is 5.88 Å². The van der Waals surface area contributed by atoms with Gasteiger partial charge in [-0.25, -0.2) is 4.98 Å². The summed E-state index contributed by atoms with van der Waals surface area (Å²) in [4.78, 5) is 8.60. The summed E-state index contributed by atoms with van der Waals surface area (Å²) in [5.41, 5.74) is 0. The summed E-state index contributed by atoms with van der Waals surface area (Å²) in [5.74, 6) is 0.664. The van der Waals surface area contributed by atoms with Crippen LogP contribution in [0.15, 0.2) is 29.4 Å². The third-order valence-electron chi connectivity index (χ3n) is 2.83. The summed E-state index contributed by atoms with van der Waals surface area (Å²) in [6.07, 6.45) is 10.1. The number of hydrogen-bond donors (Lipinski definition) is 0. The maximum absolute atomic E-state index is 5.44. The van der Waals surface area contributed by atoms with E-state index in [1.54, 1.807) is 6.20 Å². The fourth-order valence-corrected chi connectivity index (χ4v) is 1.98. The van der Waals surface area contributed by atoms with Gasteiger partial charge in [-0.15, -0.1) is 0 Å². The average molecular weight is 218 g/mol. The Kier molecular flexibility index (Phi) is 4.35. The van der Waals surface area contributed by atoms with Crippen LogP contribution in [0.2, 0.25) is 0 Å². The Morgan fingerprint density at radius 2 is 2.19 bits per heavy atom. The van der Waals surface area contributed by atoms with E-state index in [-0.39, 0.29) is 0 Å². The van der Waals surface area contributed by atoms with Crippen LogP contribution in [0.3, 0.4) is 0 Å². The molecule has 0 spiro atoms. The second kappa shape index (κ2) is 6.26. The molecule has 0 aliphatic heterocycles. The fraction of sp³-hybridized carbons (Fsp3) is 0.538. The summed E-state index contributed by atoms with van der Waals surface area (Å²) < 4.78 is 5.44. The van der Waals surface area contributed by atoms with Crippen molar-refractivity contribution in [3.63, 3.8) is 0 Å². The van der Waals surface area contributed by atoms with Crippen molar-refractivity contribution in [2.24, 2.45) is 4.99 Å². The summed E-state index contributed by atoms with van der Waals surface area (Å²) >= 11 is 0. The third kappa shape index (κ3) is 3.65. The molecular formula is C13H18N2O. The molecule has 1 fully saturated rings. The second-order valence-electron chi connectivity index (χ2n) is 4.10. The number of ether oxygens (including phenoxy) is 1. The molecule has 3 heteroatoms. The number of aromatic nitrogens is 1. The van der Waals surface area contributed by atoms with E-state index in [2.05, 4.69) is 9.98 Å². The minimum Gasteiger partial charge on any atom is -0.472 e. The highest BCUT2D eigenvalue weighted by molar-refractivity contribution is 5.59. The van der Waals surface area contributed by atoms with E-state index in [1.165, 1.54) is 32.1 Å². The van der Waals surface area contributed by atoms with E-state index in [1.807, 2.05) is 24.4 Å². The minimum absolute atomic E-state index is 0.521. The smallest absolute Gasteiger partial charge is 0.213 e. The maximum Gasteiger partial charge on any atom is 0.213 e. The lowest BCUT2D eigenvalue weighted by Gasteiger charge is -2.16. The van der Waals surface area contributed by atoms with Crippen molar-refractivity contribution in [3.8, 4) is 5.88 Å². The van der Waals surface area contributed by atoms with Crippen LogP contribution in [0.5, 0.6) is 5.88 Å². The highest BCUT2D eigenvalue weighted by Gasteiger charge is 2.10. The first-order chi connectivity index (χ1) is 7.95. The van der Waals surface area contributed by atoms with Gasteiger partial charge in [-0.05, 0) is 18.9 Å². The van der Waals surface area contributed by atoms with Crippen molar-refractivity contribution in [1.29, 1.82) is 0 Å². The molecule has 0 saturated heterocycles. The van der Waals surface area contributed by atoms with Gasteiger partial charge in [-0.3, -0.25) is 4.99 Å². The van der Waals surface area contributed by atoms with Gasteiger partial charge >= 0.3 is 0 Å². The van der Waals surface area contributed by atoms with Crippen molar-refractivity contribution >= 4 is 6.21 Å². The first-order valence-electron chi connectivity index (χ1n) is 6.00. The van der Waals surface area contributed by atoms with E-state index in [9.17, 15) is 0 Å². The van der Waals surface area contributed by atoms with Crippen LogP contribution >= 0.6 is 0 Å². The number of pyridine rings is 1. The normalized spacial score (nSPS) is 17.8. The molecule has 1 saturated carbocycles. The van der Waals surface area contributed by atoms with Crippen LogP contribution in [0.1, 0.15) is 32.1 Å². The second-order valence-corrected chi connectivity index (χ2v) is 4.10. The Morgan fingerprint density at radius 3 is 2.94 bits per heavy atom. The van der Waals surface area contributed by atoms with Crippen molar-refractivity contribution in [3.05, 3.63) is 24.4 Å². The van der Waals surface area contributed by atoms with Gasteiger partial charge < -0.3 is 4.74 Å². The molecule has 1 aliphatic rings. The van der Waals surface area contributed by atoms with E-state index < -0.39 is 0 Å². The van der Waals surface area contributed by atoms with Crippen molar-refractivity contribution in [1.82, 2.24) is 4.98 Å². The van der Waals surface area contributed by atoms with Gasteiger partial charge in [0.05, 0.1) is 0 Å². The zero-order chi connectivity index (χ0) is 11.1. The number of nitrogens with zero attached hydrogens (tertiary/aromatic N) is 2. The van der Waals surface area contributed by atoms with Crippen LogP contribution < -0.4 is 4.74 Å². The Hall–Kier alpha value is -1.38. The van der Waals surface area contributed by atoms with Gasteiger partial charge in [0.15, 0.2) is 0 Å². The van der Waals surface area contributed by atoms with Crippen molar-refractivity contribution < 1.29 is 4.74 Å². The van der Waals surface area contributed by atoms with E-state index >= 15 is 0 Å². The lowest BCUT2D eigenvalue weighted by molar-refractivity contribution is 0.363. The summed E-state index contributed by atoms with van der Waals surface area (Å²) in [6.45, 7) is 0.521. The number of aliphatic imine (C=N–C) groups is 1. The largest absolute Gasteiger partial charge is 0.472 e. The first-order valence-corrected chi connectivity index (χ1v) is 6.00. The van der Waals surface area contributed by atoms with E-state index in [4.69, 9.17) is 4.74 Å². The quantitative estimate of drug-likeness (QED) is 0.728. The molecule has 0 unspecified atom stereocenters. The van der Waals surface area contributed by atoms with Crippen LogP contribution in [0.25, 0.3) is 0 Å². The summed E-state index contributed by atoms with van der Waals surface area (Å²) in [6, 6.07) is 6.18. The fourth-order valence-electron chi connectivity index (χ4n) is 1.98. The van der Waals surface area contributed by atoms with Gasteiger partial charge in [0.1, 0.15) is 6.61 Å². The molecule has 0 N–H and O–H groups in total. The molecule has 3 nitrogen and oxygen atoms in total. The number of rotatable bonds is 4. The molecule has 1 heterocycles. The molecule has 1 aliphatic carbocycles. The zero-order valence-corrected chi connectivity index (χ0v) is 9.51. The van der Waals surface area contributed by atoms with Gasteiger partial charge in [0.25, 0.3) is 0 Å². The highest BCUT2D eigenvalue weighted by atomic mass is 16.5. The van der Waals surface area contributed by atoms with E-state index in [0.717, 1.165) is 0 Å². The maximum atomic E-state index is 5.44. The SMILES string of the molecule is C(COc1ccccn1)=NC1CCCCC1. The van der Waals surface area contributed by atoms with Crippen molar-refractivity contribution in [2.75, 3.05) is 6.61 Å². The van der Waals surface area contributed by atoms with Crippen molar-refractivity contribution in [2.45, 2.75) is 38.1 Å². The summed E-state index contributed by atoms with van der Waals surface area (Å²) in [7, 11) is 0. The summed E-state index contributed by atoms with van der Waals surface area (Å²) in [5, 5.41) is 0. The molecule has 1 aromatic heterocycles. The van der Waals surface area contributed by atoms with Gasteiger partial charge in [-0.2, -0.15) is 0 Å². The van der Waals surface area contributed by atoms with E-state index in [0.29, 0.717) is 18.5 Å². The monoisotopic (exact) mass is 218 g/mol. The average Bonchev–Trinajstić information content (AvgIpc) is 2.37. The molecule has 1 aromatic rings. The molecule has 0 amide bonds. The molecule has 2 rings (SSSR count). The molecule has 0 atom stereocenters. The predicted octanol–water partition coefficient (Wildman–Crippen LogP) is 2.86. The molecule has 0 bridgehead atoms. The first kappa shape index (κ1) is 11.1. The zero-order valence-electron chi connectivity index (χ0n) is 9.51. The van der Waals surface area contributed by atoms with Crippen LogP contribution in [-0.2, 0) is 0 Å². The Morgan fingerprint density at radius 1 is 1.31 bits per heavy atom. The molecule has 0 aromatic carbocycles. The third-order valence-corrected chi connectivity index (χ3v) is 2.83. The van der Waals surface area contributed by atoms with Gasteiger partial charge in [0, 0.05) is 24.5 Å². The topological polar surface area (TPSA) is 34.5 Å². The molecule has 16 heavy (non-hydrogen) atoms. The predicted molar refractivity (Wildman–Crippen MR) is 65.1 cm³/mol. The van der Waals surface area contributed by atoms with Crippen LogP contribution in [0, 0.1) is 0 Å². The Bertz CT molecular complexity index is 318. The standard InChI is InChI=1S/C13H18N2O/c1-2-6-12(7-3-1)14-10-11-16-13-8-4-5-9-15-13/h4-5,8-10,12H,1-3,6-7,11H2. The van der Waals surface area contributed by atoms with Crippen LogP contribution in [0.4, 0.5) is 0 Å². The van der Waals surface area contributed by atoms with Gasteiger partial charge in [-0.1, -0.05) is 25.3 Å². The highest BCUT2D eigenvalue weighted by Crippen LogP contribution is 2.19. The molecular weight excluding hydrogens is 200 g/mol. The lowest BCUT2D eigenvalue weighted by Crippen LogP contribution is -2.11. The minimum atomic E-state index is 0.521. The lowest BCUT2D eigenvalue weighted by atomic mass is 9.96. The van der Waals surface area contributed by atoms with Crippen LogP contribution in [-0.4, -0.2) is 23.8 Å². The number of hydrogen-bond acceptors (Lipinski definition) is 3. The Balaban J connectivity index is 1.69. The molecule has 86 valence electrons. The molecule has 0 radical (unpaired) electrons. The Labute approximate surface area is 96.6 Å².